The van der Waals surface area contributed by atoms with Crippen molar-refractivity contribution in [3.8, 4) is 0 Å². The van der Waals surface area contributed by atoms with E-state index in [-0.39, 0.29) is 12.8 Å². The first-order valence-corrected chi connectivity index (χ1v) is 4.11. The molecule has 1 aliphatic rings. The monoisotopic (exact) mass is 169 g/mol. The zero-order chi connectivity index (χ0) is 7.78. The minimum absolute atomic E-state index is 0.100. The molecule has 0 spiro atoms. The van der Waals surface area contributed by atoms with Crippen LogP contribution < -0.4 is 0 Å². The van der Waals surface area contributed by atoms with Gasteiger partial charge in [0.15, 0.2) is 0 Å². The molecule has 0 heterocycles. The fourth-order valence-corrected chi connectivity index (χ4v) is 1.76. The Morgan fingerprint density at radius 3 is 2.40 bits per heavy atom. The maximum Gasteiger partial charge on any atom is 0.249 e. The van der Waals surface area contributed by atoms with Crippen molar-refractivity contribution >= 4 is 11.1 Å². The van der Waals surface area contributed by atoms with Crippen LogP contribution >= 0.6 is 0 Å². The van der Waals surface area contributed by atoms with Gasteiger partial charge < -0.3 is 4.55 Å². The minimum atomic E-state index is -2.75. The van der Waals surface area contributed by atoms with Crippen molar-refractivity contribution in [2.75, 3.05) is 0 Å². The third kappa shape index (κ3) is 1.73. The van der Waals surface area contributed by atoms with Gasteiger partial charge >= 0.3 is 0 Å². The lowest BCUT2D eigenvalue weighted by atomic mass is 10.3. The van der Waals surface area contributed by atoms with Crippen LogP contribution in [0.2, 0.25) is 0 Å². The second-order valence-electron chi connectivity index (χ2n) is 2.48. The molecule has 2 atom stereocenters. The zero-order valence-electron chi connectivity index (χ0n) is 5.18. The van der Waals surface area contributed by atoms with E-state index < -0.39 is 28.7 Å². The number of rotatable bonds is 1. The molecule has 2 unspecified atom stereocenters. The Bertz CT molecular complexity index is 160. The molecule has 2 nitrogen and oxygen atoms in total. The average Bonchev–Trinajstić information content (AvgIpc) is 2.10. The maximum absolute atomic E-state index is 12.3. The van der Waals surface area contributed by atoms with E-state index in [4.69, 9.17) is 0 Å². The summed E-state index contributed by atoms with van der Waals surface area (Å²) in [6.45, 7) is 0. The van der Waals surface area contributed by atoms with Gasteiger partial charge in [-0.1, -0.05) is 11.1 Å². The summed E-state index contributed by atoms with van der Waals surface area (Å²) in [7, 11) is 0. The molecule has 1 fully saturated rings. The second-order valence-corrected chi connectivity index (χ2v) is 3.67. The van der Waals surface area contributed by atoms with Crippen molar-refractivity contribution in [1.29, 1.82) is 0 Å². The van der Waals surface area contributed by atoms with Gasteiger partial charge in [0.05, 0.1) is 0 Å². The summed E-state index contributed by atoms with van der Waals surface area (Å²) in [4.78, 5) is 0. The van der Waals surface area contributed by atoms with Gasteiger partial charge in [-0.15, -0.1) is 0 Å². The van der Waals surface area contributed by atoms with Crippen molar-refractivity contribution in [1.82, 2.24) is 0 Å². The summed E-state index contributed by atoms with van der Waals surface area (Å²) in [5.74, 6) is -2.75. The molecule has 1 saturated carbocycles. The van der Waals surface area contributed by atoms with Crippen LogP contribution in [-0.4, -0.2) is 19.9 Å². The van der Waals surface area contributed by atoms with Gasteiger partial charge in [0.2, 0.25) is 5.92 Å². The van der Waals surface area contributed by atoms with Crippen LogP contribution in [0.15, 0.2) is 0 Å². The van der Waals surface area contributed by atoms with Crippen molar-refractivity contribution < 1.29 is 17.5 Å². The van der Waals surface area contributed by atoms with Crippen molar-refractivity contribution in [2.45, 2.75) is 30.4 Å². The van der Waals surface area contributed by atoms with Crippen LogP contribution in [0.3, 0.4) is 0 Å². The third-order valence-electron chi connectivity index (χ3n) is 1.63. The van der Waals surface area contributed by atoms with Gasteiger partial charge in [-0.3, -0.25) is 4.21 Å². The van der Waals surface area contributed by atoms with Gasteiger partial charge in [0, 0.05) is 18.1 Å². The van der Waals surface area contributed by atoms with E-state index in [0.717, 1.165) is 0 Å². The molecular formula is C5H7F2O2S-. The van der Waals surface area contributed by atoms with Crippen LogP contribution in [0.4, 0.5) is 8.78 Å². The quantitative estimate of drug-likeness (QED) is 0.550. The van der Waals surface area contributed by atoms with E-state index in [1.807, 2.05) is 0 Å². The van der Waals surface area contributed by atoms with Crippen molar-refractivity contribution in [3.05, 3.63) is 0 Å². The fourth-order valence-electron chi connectivity index (χ4n) is 1.07. The molecule has 5 heteroatoms. The predicted octanol–water partition coefficient (Wildman–Crippen LogP) is 1.05. The van der Waals surface area contributed by atoms with E-state index in [0.29, 0.717) is 0 Å². The molecule has 0 aromatic rings. The summed E-state index contributed by atoms with van der Waals surface area (Å²) < 4.78 is 44.9. The first kappa shape index (κ1) is 8.07. The molecular weight excluding hydrogens is 162 g/mol. The normalized spacial score (nSPS) is 34.1. The first-order valence-electron chi connectivity index (χ1n) is 2.97. The number of hydrogen-bond acceptors (Lipinski definition) is 2. The molecule has 0 aliphatic heterocycles. The number of halogens is 2. The number of hydrogen-bond donors (Lipinski definition) is 0. The molecule has 0 aromatic carbocycles. The van der Waals surface area contributed by atoms with Gasteiger partial charge in [0.25, 0.3) is 0 Å². The van der Waals surface area contributed by atoms with Gasteiger partial charge in [-0.05, 0) is 6.42 Å². The van der Waals surface area contributed by atoms with Gasteiger partial charge in [-0.2, -0.15) is 0 Å². The first-order chi connectivity index (χ1) is 4.51. The Morgan fingerprint density at radius 2 is 2.20 bits per heavy atom. The molecule has 0 bridgehead atoms. The summed E-state index contributed by atoms with van der Waals surface area (Å²) in [5, 5.41) is -0.824. The molecule has 0 saturated heterocycles. The van der Waals surface area contributed by atoms with E-state index >= 15 is 0 Å². The summed E-state index contributed by atoms with van der Waals surface area (Å²) in [6.07, 6.45) is -0.683. The topological polar surface area (TPSA) is 40.1 Å². The van der Waals surface area contributed by atoms with Crippen LogP contribution in [-0.2, 0) is 11.1 Å². The van der Waals surface area contributed by atoms with Gasteiger partial charge in [0.1, 0.15) is 0 Å². The van der Waals surface area contributed by atoms with Crippen LogP contribution in [0.1, 0.15) is 19.3 Å². The lowest BCUT2D eigenvalue weighted by molar-refractivity contribution is 0.00952. The second kappa shape index (κ2) is 2.54. The summed E-state index contributed by atoms with van der Waals surface area (Å²) in [6, 6.07) is 0. The Labute approximate surface area is 59.9 Å². The molecule has 1 rings (SSSR count). The maximum atomic E-state index is 12.3. The van der Waals surface area contributed by atoms with E-state index in [2.05, 4.69) is 0 Å². The van der Waals surface area contributed by atoms with E-state index in [1.54, 1.807) is 0 Å². The minimum Gasteiger partial charge on any atom is -0.772 e. The lowest BCUT2D eigenvalue weighted by Gasteiger charge is -2.12. The highest BCUT2D eigenvalue weighted by molar-refractivity contribution is 7.79. The summed E-state index contributed by atoms with van der Waals surface area (Å²) >= 11 is -2.32. The van der Waals surface area contributed by atoms with Gasteiger partial charge in [-0.25, -0.2) is 8.78 Å². The Hall–Kier alpha value is -0.0300. The van der Waals surface area contributed by atoms with Crippen molar-refractivity contribution in [2.24, 2.45) is 0 Å². The molecule has 0 aromatic heterocycles. The Kier molecular flexibility index (Phi) is 2.05. The molecule has 0 amide bonds. The lowest BCUT2D eigenvalue weighted by Crippen LogP contribution is -2.15. The van der Waals surface area contributed by atoms with Crippen LogP contribution in [0, 0.1) is 0 Å². The van der Waals surface area contributed by atoms with Crippen LogP contribution in [0.25, 0.3) is 0 Å². The fraction of sp³-hybridized carbons (Fsp3) is 1.00. The zero-order valence-corrected chi connectivity index (χ0v) is 6.00. The smallest absolute Gasteiger partial charge is 0.249 e. The summed E-state index contributed by atoms with van der Waals surface area (Å²) in [5.41, 5.74) is 0. The average molecular weight is 169 g/mol. The Balaban J connectivity index is 2.51. The highest BCUT2D eigenvalue weighted by Crippen LogP contribution is 2.36. The molecule has 0 N–H and O–H groups in total. The molecule has 60 valence electrons. The SMILES string of the molecule is O=S([O-])C1CCC(F)(F)C1. The molecule has 10 heavy (non-hydrogen) atoms. The standard InChI is InChI=1S/C5H8F2O2S/c6-5(7)2-1-4(3-5)10(8)9/h4H,1-3H2,(H,8,9)/p-1. The van der Waals surface area contributed by atoms with E-state index in [1.165, 1.54) is 0 Å². The largest absolute Gasteiger partial charge is 0.772 e. The molecule has 1 aliphatic carbocycles. The molecule has 0 radical (unpaired) electrons. The van der Waals surface area contributed by atoms with Crippen LogP contribution in [0.5, 0.6) is 0 Å². The third-order valence-corrected chi connectivity index (χ3v) is 2.58. The highest BCUT2D eigenvalue weighted by Gasteiger charge is 2.39. The van der Waals surface area contributed by atoms with E-state index in [9.17, 15) is 17.5 Å². The number of alkyl halides is 2. The predicted molar refractivity (Wildman–Crippen MR) is 31.5 cm³/mol. The highest BCUT2D eigenvalue weighted by atomic mass is 32.2. The van der Waals surface area contributed by atoms with Crippen molar-refractivity contribution in [3.63, 3.8) is 0 Å². The Morgan fingerprint density at radius 1 is 1.60 bits per heavy atom.